The average molecular weight is 310 g/mol. The third kappa shape index (κ3) is 5.08. The van der Waals surface area contributed by atoms with Gasteiger partial charge in [0.2, 0.25) is 16.9 Å². The lowest BCUT2D eigenvalue weighted by Gasteiger charge is -2.14. The molecule has 1 aromatic heterocycles. The van der Waals surface area contributed by atoms with Gasteiger partial charge in [0.1, 0.15) is 5.01 Å². The largest absolute Gasteiger partial charge is 0.343 e. The van der Waals surface area contributed by atoms with Crippen LogP contribution in [-0.4, -0.2) is 40.0 Å². The molecule has 0 radical (unpaired) electrons. The lowest BCUT2D eigenvalue weighted by Crippen LogP contribution is -2.28. The summed E-state index contributed by atoms with van der Waals surface area (Å²) in [6, 6.07) is 0. The molecule has 1 aliphatic rings. The van der Waals surface area contributed by atoms with Crippen LogP contribution >= 0.6 is 11.3 Å². The van der Waals surface area contributed by atoms with E-state index in [9.17, 15) is 9.59 Å². The first kappa shape index (κ1) is 15.9. The van der Waals surface area contributed by atoms with Crippen molar-refractivity contribution in [1.82, 2.24) is 15.1 Å². The van der Waals surface area contributed by atoms with E-state index in [1.807, 2.05) is 4.90 Å². The molecule has 0 unspecified atom stereocenters. The fraction of sp³-hybridized carbons (Fsp3) is 0.714. The highest BCUT2D eigenvalue weighted by Gasteiger charge is 2.18. The molecular weight excluding hydrogens is 288 g/mol. The average Bonchev–Trinajstić information content (AvgIpc) is 3.07. The zero-order chi connectivity index (χ0) is 15.2. The van der Waals surface area contributed by atoms with Crippen LogP contribution in [0.25, 0.3) is 0 Å². The van der Waals surface area contributed by atoms with Crippen LogP contribution in [0.3, 0.4) is 0 Å². The van der Waals surface area contributed by atoms with Gasteiger partial charge in [-0.15, -0.1) is 10.2 Å². The van der Waals surface area contributed by atoms with Crippen LogP contribution in [0.1, 0.15) is 44.5 Å². The molecule has 0 saturated carbocycles. The van der Waals surface area contributed by atoms with Crippen molar-refractivity contribution in [2.75, 3.05) is 18.4 Å². The zero-order valence-electron chi connectivity index (χ0n) is 12.6. The van der Waals surface area contributed by atoms with E-state index < -0.39 is 0 Å². The van der Waals surface area contributed by atoms with Crippen molar-refractivity contribution < 1.29 is 9.59 Å². The fourth-order valence-electron chi connectivity index (χ4n) is 2.26. The van der Waals surface area contributed by atoms with E-state index in [1.165, 1.54) is 11.3 Å². The number of likely N-dealkylation sites (tertiary alicyclic amines) is 1. The number of carbonyl (C=O) groups is 2. The molecule has 1 fully saturated rings. The van der Waals surface area contributed by atoms with Gasteiger partial charge in [-0.3, -0.25) is 9.59 Å². The molecule has 1 saturated heterocycles. The number of hydrogen-bond acceptors (Lipinski definition) is 5. The van der Waals surface area contributed by atoms with Gasteiger partial charge in [-0.05, 0) is 18.8 Å². The Labute approximate surface area is 128 Å². The van der Waals surface area contributed by atoms with Crippen LogP contribution in [0.5, 0.6) is 0 Å². The summed E-state index contributed by atoms with van der Waals surface area (Å²) in [5.41, 5.74) is 0. The Hall–Kier alpha value is -1.50. The smallest absolute Gasteiger partial charge is 0.226 e. The molecule has 2 heterocycles. The van der Waals surface area contributed by atoms with Gasteiger partial charge >= 0.3 is 0 Å². The Bertz CT molecular complexity index is 495. The molecule has 1 aromatic rings. The van der Waals surface area contributed by atoms with Gasteiger partial charge in [0, 0.05) is 32.4 Å². The number of anilines is 1. The number of nitrogens with one attached hydrogen (secondary N) is 1. The normalized spacial score (nSPS) is 14.7. The lowest BCUT2D eigenvalue weighted by molar-refractivity contribution is -0.131. The number of amides is 2. The monoisotopic (exact) mass is 310 g/mol. The molecule has 0 aromatic carbocycles. The van der Waals surface area contributed by atoms with E-state index in [2.05, 4.69) is 29.4 Å². The van der Waals surface area contributed by atoms with Crippen LogP contribution in [0.4, 0.5) is 5.13 Å². The summed E-state index contributed by atoms with van der Waals surface area (Å²) in [5.74, 6) is 0.412. The highest BCUT2D eigenvalue weighted by atomic mass is 32.1. The molecule has 1 aliphatic heterocycles. The Morgan fingerprint density at radius 2 is 1.95 bits per heavy atom. The van der Waals surface area contributed by atoms with Crippen LogP contribution < -0.4 is 5.32 Å². The van der Waals surface area contributed by atoms with Crippen molar-refractivity contribution in [2.24, 2.45) is 5.92 Å². The quantitative estimate of drug-likeness (QED) is 0.873. The second kappa shape index (κ2) is 7.49. The lowest BCUT2D eigenvalue weighted by atomic mass is 10.1. The minimum atomic E-state index is -0.171. The molecule has 0 bridgehead atoms. The van der Waals surface area contributed by atoms with E-state index in [0.29, 0.717) is 11.0 Å². The minimum Gasteiger partial charge on any atom is -0.343 e. The predicted octanol–water partition coefficient (Wildman–Crippen LogP) is 2.08. The van der Waals surface area contributed by atoms with Gasteiger partial charge in [0.15, 0.2) is 0 Å². The maximum atomic E-state index is 11.8. The van der Waals surface area contributed by atoms with Crippen molar-refractivity contribution in [3.8, 4) is 0 Å². The van der Waals surface area contributed by atoms with E-state index in [4.69, 9.17) is 0 Å². The molecule has 21 heavy (non-hydrogen) atoms. The Kier molecular flexibility index (Phi) is 5.67. The van der Waals surface area contributed by atoms with E-state index in [0.717, 1.165) is 37.4 Å². The number of hydrogen-bond donors (Lipinski definition) is 1. The van der Waals surface area contributed by atoms with E-state index >= 15 is 0 Å². The molecule has 2 rings (SSSR count). The zero-order valence-corrected chi connectivity index (χ0v) is 13.4. The minimum absolute atomic E-state index is 0.0698. The van der Waals surface area contributed by atoms with Crippen LogP contribution in [-0.2, 0) is 16.0 Å². The number of nitrogens with zero attached hydrogens (tertiary/aromatic N) is 3. The van der Waals surface area contributed by atoms with Crippen molar-refractivity contribution >= 4 is 28.3 Å². The Morgan fingerprint density at radius 1 is 1.24 bits per heavy atom. The highest BCUT2D eigenvalue weighted by Crippen LogP contribution is 2.18. The second-order valence-corrected chi connectivity index (χ2v) is 6.80. The number of aromatic nitrogens is 2. The predicted molar refractivity (Wildman–Crippen MR) is 82.1 cm³/mol. The first-order chi connectivity index (χ1) is 10.0. The van der Waals surface area contributed by atoms with Crippen molar-refractivity contribution in [3.05, 3.63) is 5.01 Å². The van der Waals surface area contributed by atoms with Crippen LogP contribution in [0.15, 0.2) is 0 Å². The first-order valence-electron chi connectivity index (χ1n) is 7.44. The van der Waals surface area contributed by atoms with Gasteiger partial charge in [-0.25, -0.2) is 0 Å². The molecule has 0 spiro atoms. The van der Waals surface area contributed by atoms with E-state index in [-0.39, 0.29) is 24.7 Å². The Balaban J connectivity index is 1.73. The molecule has 7 heteroatoms. The van der Waals surface area contributed by atoms with Crippen molar-refractivity contribution in [1.29, 1.82) is 0 Å². The van der Waals surface area contributed by atoms with Gasteiger partial charge < -0.3 is 10.2 Å². The molecule has 2 amide bonds. The third-order valence-corrected chi connectivity index (χ3v) is 4.18. The molecular formula is C14H22N4O2S. The van der Waals surface area contributed by atoms with Crippen molar-refractivity contribution in [2.45, 2.75) is 46.0 Å². The maximum Gasteiger partial charge on any atom is 0.226 e. The third-order valence-electron chi connectivity index (χ3n) is 3.32. The highest BCUT2D eigenvalue weighted by molar-refractivity contribution is 7.15. The summed E-state index contributed by atoms with van der Waals surface area (Å²) in [6.07, 6.45) is 3.47. The first-order valence-corrected chi connectivity index (χ1v) is 8.26. The molecule has 0 atom stereocenters. The van der Waals surface area contributed by atoms with Crippen LogP contribution in [0, 0.1) is 5.92 Å². The van der Waals surface area contributed by atoms with Crippen molar-refractivity contribution in [3.63, 3.8) is 0 Å². The van der Waals surface area contributed by atoms with Crippen LogP contribution in [0.2, 0.25) is 0 Å². The van der Waals surface area contributed by atoms with E-state index in [1.54, 1.807) is 0 Å². The molecule has 116 valence electrons. The van der Waals surface area contributed by atoms with Gasteiger partial charge in [0.05, 0.1) is 0 Å². The number of rotatable bonds is 6. The topological polar surface area (TPSA) is 75.2 Å². The molecule has 6 nitrogen and oxygen atoms in total. The van der Waals surface area contributed by atoms with Gasteiger partial charge in [-0.1, -0.05) is 25.2 Å². The second-order valence-electron chi connectivity index (χ2n) is 5.73. The SMILES string of the molecule is CC(C)Cc1nnc(NC(=O)CCC(=O)N2CCCC2)s1. The summed E-state index contributed by atoms with van der Waals surface area (Å²) in [7, 11) is 0. The summed E-state index contributed by atoms with van der Waals surface area (Å²) in [5, 5.41) is 12.2. The number of carbonyl (C=O) groups excluding carboxylic acids is 2. The summed E-state index contributed by atoms with van der Waals surface area (Å²) < 4.78 is 0. The molecule has 1 N–H and O–H groups in total. The summed E-state index contributed by atoms with van der Waals surface area (Å²) in [6.45, 7) is 5.89. The summed E-state index contributed by atoms with van der Waals surface area (Å²) in [4.78, 5) is 25.5. The van der Waals surface area contributed by atoms with Gasteiger partial charge in [-0.2, -0.15) is 0 Å². The van der Waals surface area contributed by atoms with Gasteiger partial charge in [0.25, 0.3) is 0 Å². The molecule has 0 aliphatic carbocycles. The maximum absolute atomic E-state index is 11.8. The standard InChI is InChI=1S/C14H22N4O2S/c1-10(2)9-12-16-17-14(21-12)15-11(19)5-6-13(20)18-7-3-4-8-18/h10H,3-9H2,1-2H3,(H,15,17,19). The Morgan fingerprint density at radius 3 is 2.62 bits per heavy atom. The fourth-order valence-corrected chi connectivity index (χ4v) is 3.23. The summed E-state index contributed by atoms with van der Waals surface area (Å²) >= 11 is 1.40.